The Morgan fingerprint density at radius 2 is 1.87 bits per heavy atom. The lowest BCUT2D eigenvalue weighted by molar-refractivity contribution is -0.112. The summed E-state index contributed by atoms with van der Waals surface area (Å²) in [4.78, 5) is 14.1. The first-order chi connectivity index (χ1) is 11.1. The van der Waals surface area contributed by atoms with Gasteiger partial charge in [-0.15, -0.1) is 0 Å². The van der Waals surface area contributed by atoms with Crippen molar-refractivity contribution in [1.82, 2.24) is 4.90 Å². The van der Waals surface area contributed by atoms with Crippen molar-refractivity contribution in [3.8, 4) is 6.07 Å². The Hall–Kier alpha value is -2.36. The SMILES string of the molecule is COCCN(/C=C(/C#N)C(=O)Nc1ccccc1C)CCOC. The molecule has 0 unspecified atom stereocenters. The summed E-state index contributed by atoms with van der Waals surface area (Å²) in [5, 5.41) is 12.0. The number of aryl methyl sites for hydroxylation is 1. The van der Waals surface area contributed by atoms with Gasteiger partial charge in [-0.2, -0.15) is 5.26 Å². The number of benzene rings is 1. The zero-order valence-electron chi connectivity index (χ0n) is 13.8. The Kier molecular flexibility index (Phi) is 8.43. The van der Waals surface area contributed by atoms with Crippen molar-refractivity contribution >= 4 is 11.6 Å². The fraction of sp³-hybridized carbons (Fsp3) is 0.412. The predicted molar refractivity (Wildman–Crippen MR) is 88.8 cm³/mol. The van der Waals surface area contributed by atoms with E-state index in [1.165, 1.54) is 0 Å². The van der Waals surface area contributed by atoms with Gasteiger partial charge in [0.15, 0.2) is 0 Å². The molecule has 1 aromatic rings. The van der Waals surface area contributed by atoms with E-state index in [9.17, 15) is 10.1 Å². The van der Waals surface area contributed by atoms with Gasteiger partial charge in [-0.05, 0) is 18.6 Å². The highest BCUT2D eigenvalue weighted by molar-refractivity contribution is 6.06. The minimum Gasteiger partial charge on any atom is -0.383 e. The van der Waals surface area contributed by atoms with Crippen LogP contribution in [0.5, 0.6) is 0 Å². The molecule has 0 saturated heterocycles. The summed E-state index contributed by atoms with van der Waals surface area (Å²) in [6.45, 7) is 4.04. The summed E-state index contributed by atoms with van der Waals surface area (Å²) in [5.74, 6) is -0.429. The van der Waals surface area contributed by atoms with Crippen LogP contribution in [0.25, 0.3) is 0 Å². The molecule has 0 aromatic heterocycles. The number of para-hydroxylation sites is 1. The van der Waals surface area contributed by atoms with Crippen LogP contribution in [0.3, 0.4) is 0 Å². The maximum Gasteiger partial charge on any atom is 0.267 e. The van der Waals surface area contributed by atoms with Crippen molar-refractivity contribution < 1.29 is 14.3 Å². The molecular formula is C17H23N3O3. The van der Waals surface area contributed by atoms with Crippen molar-refractivity contribution in [2.45, 2.75) is 6.92 Å². The zero-order valence-corrected chi connectivity index (χ0v) is 13.8. The predicted octanol–water partition coefficient (Wildman–Crippen LogP) is 1.94. The molecule has 0 aliphatic heterocycles. The number of ether oxygens (including phenoxy) is 2. The third-order valence-electron chi connectivity index (χ3n) is 3.24. The molecule has 0 aliphatic carbocycles. The maximum atomic E-state index is 12.3. The van der Waals surface area contributed by atoms with Gasteiger partial charge >= 0.3 is 0 Å². The van der Waals surface area contributed by atoms with Crippen molar-refractivity contribution in [2.24, 2.45) is 0 Å². The Balaban J connectivity index is 2.83. The molecule has 0 radical (unpaired) electrons. The largest absolute Gasteiger partial charge is 0.383 e. The molecule has 124 valence electrons. The fourth-order valence-corrected chi connectivity index (χ4v) is 1.88. The first kappa shape index (κ1) is 18.7. The minimum atomic E-state index is -0.429. The van der Waals surface area contributed by atoms with Gasteiger partial charge in [0.2, 0.25) is 0 Å². The lowest BCUT2D eigenvalue weighted by Gasteiger charge is -2.20. The molecule has 6 heteroatoms. The van der Waals surface area contributed by atoms with Gasteiger partial charge in [0, 0.05) is 39.2 Å². The van der Waals surface area contributed by atoms with E-state index in [0.717, 1.165) is 5.56 Å². The van der Waals surface area contributed by atoms with Crippen LogP contribution >= 0.6 is 0 Å². The first-order valence-corrected chi connectivity index (χ1v) is 7.33. The average Bonchev–Trinajstić information content (AvgIpc) is 2.56. The van der Waals surface area contributed by atoms with Crippen molar-refractivity contribution in [2.75, 3.05) is 45.8 Å². The number of anilines is 1. The van der Waals surface area contributed by atoms with Crippen LogP contribution in [0.4, 0.5) is 5.69 Å². The van der Waals surface area contributed by atoms with E-state index in [2.05, 4.69) is 5.32 Å². The molecule has 0 atom stereocenters. The van der Waals surface area contributed by atoms with Gasteiger partial charge in [-0.1, -0.05) is 18.2 Å². The van der Waals surface area contributed by atoms with E-state index in [-0.39, 0.29) is 5.57 Å². The molecule has 0 spiro atoms. The molecular weight excluding hydrogens is 294 g/mol. The Morgan fingerprint density at radius 1 is 1.26 bits per heavy atom. The zero-order chi connectivity index (χ0) is 17.1. The van der Waals surface area contributed by atoms with Crippen LogP contribution in [0.1, 0.15) is 5.56 Å². The van der Waals surface area contributed by atoms with Crippen LogP contribution in [0, 0.1) is 18.3 Å². The number of carbonyl (C=O) groups excluding carboxylic acids is 1. The normalized spacial score (nSPS) is 11.0. The highest BCUT2D eigenvalue weighted by Gasteiger charge is 2.12. The maximum absolute atomic E-state index is 12.3. The van der Waals surface area contributed by atoms with Crippen molar-refractivity contribution in [3.05, 3.63) is 41.6 Å². The number of amides is 1. The van der Waals surface area contributed by atoms with Crippen LogP contribution in [-0.4, -0.2) is 51.3 Å². The highest BCUT2D eigenvalue weighted by atomic mass is 16.5. The summed E-state index contributed by atoms with van der Waals surface area (Å²) in [6, 6.07) is 9.38. The van der Waals surface area contributed by atoms with E-state index < -0.39 is 5.91 Å². The second kappa shape index (κ2) is 10.4. The summed E-state index contributed by atoms with van der Waals surface area (Å²) in [7, 11) is 3.21. The Morgan fingerprint density at radius 3 is 2.39 bits per heavy atom. The van der Waals surface area contributed by atoms with Crippen molar-refractivity contribution in [1.29, 1.82) is 5.26 Å². The lowest BCUT2D eigenvalue weighted by Crippen LogP contribution is -2.27. The molecule has 1 N–H and O–H groups in total. The summed E-state index contributed by atoms with van der Waals surface area (Å²) in [6.07, 6.45) is 1.55. The molecule has 0 fully saturated rings. The van der Waals surface area contributed by atoms with E-state index in [1.807, 2.05) is 36.1 Å². The van der Waals surface area contributed by atoms with E-state index >= 15 is 0 Å². The first-order valence-electron chi connectivity index (χ1n) is 7.33. The summed E-state index contributed by atoms with van der Waals surface area (Å²) in [5.41, 5.74) is 1.67. The number of carbonyl (C=O) groups is 1. The molecule has 6 nitrogen and oxygen atoms in total. The number of nitrogens with zero attached hydrogens (tertiary/aromatic N) is 2. The molecule has 0 bridgehead atoms. The van der Waals surface area contributed by atoms with Crippen molar-refractivity contribution in [3.63, 3.8) is 0 Å². The number of nitrogens with one attached hydrogen (secondary N) is 1. The quantitative estimate of drug-likeness (QED) is 0.556. The molecule has 0 heterocycles. The van der Waals surface area contributed by atoms with Gasteiger partial charge < -0.3 is 19.7 Å². The van der Waals surface area contributed by atoms with Gasteiger partial charge in [-0.25, -0.2) is 0 Å². The molecule has 1 rings (SSSR count). The smallest absolute Gasteiger partial charge is 0.267 e. The van der Waals surface area contributed by atoms with Gasteiger partial charge in [0.05, 0.1) is 13.2 Å². The summed E-state index contributed by atoms with van der Waals surface area (Å²) >= 11 is 0. The average molecular weight is 317 g/mol. The standard InChI is InChI=1S/C17H23N3O3/c1-14-6-4-5-7-16(14)19-17(21)15(12-18)13-20(8-10-22-2)9-11-23-3/h4-7,13H,8-11H2,1-3H3,(H,19,21)/b15-13-. The van der Waals surface area contributed by atoms with E-state index in [1.54, 1.807) is 26.5 Å². The van der Waals surface area contributed by atoms with Crippen LogP contribution in [0.2, 0.25) is 0 Å². The lowest BCUT2D eigenvalue weighted by atomic mass is 10.2. The molecule has 0 aliphatic rings. The topological polar surface area (TPSA) is 74.6 Å². The van der Waals surface area contributed by atoms with Crippen LogP contribution in [0.15, 0.2) is 36.0 Å². The third kappa shape index (κ3) is 6.51. The monoisotopic (exact) mass is 317 g/mol. The third-order valence-corrected chi connectivity index (χ3v) is 3.24. The second-order valence-electron chi connectivity index (χ2n) is 4.95. The Bertz CT molecular complexity index is 571. The molecule has 1 aromatic carbocycles. The highest BCUT2D eigenvalue weighted by Crippen LogP contribution is 2.14. The number of methoxy groups -OCH3 is 2. The van der Waals surface area contributed by atoms with E-state index in [4.69, 9.17) is 9.47 Å². The number of rotatable bonds is 9. The second-order valence-corrected chi connectivity index (χ2v) is 4.95. The van der Waals surface area contributed by atoms with E-state index in [0.29, 0.717) is 32.0 Å². The molecule has 1 amide bonds. The summed E-state index contributed by atoms with van der Waals surface area (Å²) < 4.78 is 10.1. The number of hydrogen-bond donors (Lipinski definition) is 1. The molecule has 23 heavy (non-hydrogen) atoms. The van der Waals surface area contributed by atoms with Gasteiger partial charge in [0.1, 0.15) is 11.6 Å². The van der Waals surface area contributed by atoms with Gasteiger partial charge in [-0.3, -0.25) is 4.79 Å². The number of hydrogen-bond acceptors (Lipinski definition) is 5. The van der Waals surface area contributed by atoms with Gasteiger partial charge in [0.25, 0.3) is 5.91 Å². The number of nitriles is 1. The molecule has 0 saturated carbocycles. The fourth-order valence-electron chi connectivity index (χ4n) is 1.88. The minimum absolute atomic E-state index is 0.0421. The Labute approximate surface area is 137 Å². The van der Waals surface area contributed by atoms with Crippen LogP contribution in [-0.2, 0) is 14.3 Å². The van der Waals surface area contributed by atoms with Crippen LogP contribution < -0.4 is 5.32 Å².